The van der Waals surface area contributed by atoms with Gasteiger partial charge in [-0.1, -0.05) is 49.8 Å². The Morgan fingerprint density at radius 3 is 2.28 bits per heavy atom. The molecule has 8 rings (SSSR count). The van der Waals surface area contributed by atoms with Crippen molar-refractivity contribution in [1.82, 2.24) is 5.32 Å². The Kier molecular flexibility index (Phi) is 11.3. The first kappa shape index (κ1) is 41.6. The van der Waals surface area contributed by atoms with Crippen LogP contribution in [-0.2, 0) is 35.9 Å². The van der Waals surface area contributed by atoms with Crippen molar-refractivity contribution in [3.05, 3.63) is 89.2 Å². The van der Waals surface area contributed by atoms with E-state index in [1.54, 1.807) is 12.1 Å². The van der Waals surface area contributed by atoms with Crippen molar-refractivity contribution >= 4 is 43.2 Å². The molecule has 4 aliphatic carbocycles. The molecule has 12 heteroatoms. The molecular formula is C45H60N3O7S2+. The van der Waals surface area contributed by atoms with Crippen LogP contribution >= 0.6 is 0 Å². The monoisotopic (exact) mass is 818 g/mol. The molecule has 2 heterocycles. The molecule has 3 N–H and O–H groups in total. The lowest BCUT2D eigenvalue weighted by atomic mass is 9.76. The maximum Gasteiger partial charge on any atom is 0.294 e. The zero-order valence-corrected chi connectivity index (χ0v) is 35.8. The Labute approximate surface area is 339 Å². The maximum atomic E-state index is 13.1. The van der Waals surface area contributed by atoms with Gasteiger partial charge in [0, 0.05) is 59.4 Å². The molecule has 1 amide bonds. The Hall–Kier alpha value is -3.58. The Morgan fingerprint density at radius 1 is 0.860 bits per heavy atom. The fourth-order valence-electron chi connectivity index (χ4n) is 11.1. The molecule has 2 atom stereocenters. The van der Waals surface area contributed by atoms with Gasteiger partial charge in [-0.25, -0.2) is 0 Å². The lowest BCUT2D eigenvalue weighted by molar-refractivity contribution is -0.438. The summed E-state index contributed by atoms with van der Waals surface area (Å²) in [6.07, 6.45) is 20.4. The summed E-state index contributed by atoms with van der Waals surface area (Å²) in [5.74, 6) is 2.34. The van der Waals surface area contributed by atoms with E-state index in [0.29, 0.717) is 32.4 Å². The number of hydrogen-bond acceptors (Lipinski definition) is 6. The summed E-state index contributed by atoms with van der Waals surface area (Å²) in [4.78, 5) is 15.2. The van der Waals surface area contributed by atoms with Gasteiger partial charge in [0.25, 0.3) is 20.2 Å². The van der Waals surface area contributed by atoms with E-state index in [2.05, 4.69) is 79.8 Å². The SMILES string of the molecule is Cc1ccc2c(c1)C(C)(C)\C(=C/C=C/C=C/C1=[N+](CCCCCC(=O)NC34CC5CC(C3)C(C5)C4)c3ccc(S(=O)(=O)O)cc3C1(C)C)N2CCCCS(=O)(=O)O. The van der Waals surface area contributed by atoms with Crippen LogP contribution in [0.4, 0.5) is 11.4 Å². The average Bonchev–Trinajstić information content (AvgIpc) is 3.69. The molecule has 2 aliphatic heterocycles. The highest BCUT2D eigenvalue weighted by atomic mass is 32.2. The highest BCUT2D eigenvalue weighted by molar-refractivity contribution is 7.86. The predicted octanol–water partition coefficient (Wildman–Crippen LogP) is 8.34. The normalized spacial score (nSPS) is 26.4. The zero-order valence-electron chi connectivity index (χ0n) is 34.1. The molecule has 10 nitrogen and oxygen atoms in total. The molecule has 4 fully saturated rings. The first-order chi connectivity index (χ1) is 26.8. The van der Waals surface area contributed by atoms with Crippen molar-refractivity contribution in [1.29, 1.82) is 0 Å². The molecule has 2 aromatic rings. The molecule has 2 aromatic carbocycles. The van der Waals surface area contributed by atoms with Gasteiger partial charge in [-0.05, 0) is 126 Å². The topological polar surface area (TPSA) is 144 Å². The van der Waals surface area contributed by atoms with Crippen LogP contribution in [0.5, 0.6) is 0 Å². The van der Waals surface area contributed by atoms with Crippen molar-refractivity contribution < 1.29 is 35.3 Å². The number of nitrogens with one attached hydrogen (secondary N) is 1. The summed E-state index contributed by atoms with van der Waals surface area (Å²) < 4.78 is 68.4. The van der Waals surface area contributed by atoms with E-state index >= 15 is 0 Å². The van der Waals surface area contributed by atoms with Gasteiger partial charge in [0.15, 0.2) is 5.71 Å². The number of unbranched alkanes of at least 4 members (excludes halogenated alkanes) is 3. The molecular weight excluding hydrogens is 759 g/mol. The number of fused-ring (bicyclic) bond motifs is 2. The third-order valence-electron chi connectivity index (χ3n) is 13.6. The second kappa shape index (κ2) is 15.5. The second-order valence-corrected chi connectivity index (χ2v) is 21.5. The quantitative estimate of drug-likeness (QED) is 0.0664. The average molecular weight is 819 g/mol. The van der Waals surface area contributed by atoms with Gasteiger partial charge in [0.2, 0.25) is 11.6 Å². The fourth-order valence-corrected chi connectivity index (χ4v) is 12.1. The predicted molar refractivity (Wildman–Crippen MR) is 226 cm³/mol. The number of aryl methyl sites for hydroxylation is 1. The van der Waals surface area contributed by atoms with Crippen molar-refractivity contribution in [2.24, 2.45) is 17.8 Å². The van der Waals surface area contributed by atoms with E-state index in [1.165, 1.54) is 30.0 Å². The largest absolute Gasteiger partial charge is 0.351 e. The summed E-state index contributed by atoms with van der Waals surface area (Å²) in [5, 5.41) is 3.47. The second-order valence-electron chi connectivity index (χ2n) is 18.5. The number of rotatable bonds is 16. The lowest BCUT2D eigenvalue weighted by Gasteiger charge is -2.39. The van der Waals surface area contributed by atoms with E-state index in [0.717, 1.165) is 84.6 Å². The minimum atomic E-state index is -4.38. The fraction of sp³-hybridized carbons (Fsp3) is 0.556. The Bertz CT molecular complexity index is 2250. The highest BCUT2D eigenvalue weighted by Gasteiger charge is 2.56. The van der Waals surface area contributed by atoms with Crippen LogP contribution in [0, 0.1) is 24.7 Å². The van der Waals surface area contributed by atoms with Gasteiger partial charge in [-0.2, -0.15) is 21.4 Å². The number of benzene rings is 2. The Morgan fingerprint density at radius 2 is 1.60 bits per heavy atom. The molecule has 0 spiro atoms. The van der Waals surface area contributed by atoms with Crippen molar-refractivity contribution in [2.45, 2.75) is 127 Å². The summed E-state index contributed by atoms with van der Waals surface area (Å²) in [5.41, 5.74) is 6.52. The summed E-state index contributed by atoms with van der Waals surface area (Å²) >= 11 is 0. The van der Waals surface area contributed by atoms with Crippen LogP contribution in [0.25, 0.3) is 0 Å². The third-order valence-corrected chi connectivity index (χ3v) is 15.2. The van der Waals surface area contributed by atoms with Gasteiger partial charge < -0.3 is 10.2 Å². The molecule has 6 aliphatic rings. The van der Waals surface area contributed by atoms with E-state index < -0.39 is 25.7 Å². The highest BCUT2D eigenvalue weighted by Crippen LogP contribution is 2.60. The van der Waals surface area contributed by atoms with Crippen molar-refractivity contribution in [3.8, 4) is 0 Å². The van der Waals surface area contributed by atoms with Crippen molar-refractivity contribution in [3.63, 3.8) is 0 Å². The minimum Gasteiger partial charge on any atom is -0.351 e. The van der Waals surface area contributed by atoms with E-state index in [9.17, 15) is 30.7 Å². The minimum absolute atomic E-state index is 0.0468. The summed E-state index contributed by atoms with van der Waals surface area (Å²) in [6, 6.07) is 11.2. The molecule has 0 aromatic heterocycles. The number of allylic oxidation sites excluding steroid dienone is 6. The molecule has 4 bridgehead atoms. The van der Waals surface area contributed by atoms with Crippen LogP contribution in [-0.4, -0.2) is 66.5 Å². The molecule has 57 heavy (non-hydrogen) atoms. The first-order valence-corrected chi connectivity index (χ1v) is 23.8. The zero-order chi connectivity index (χ0) is 41.0. The van der Waals surface area contributed by atoms with Crippen LogP contribution in [0.3, 0.4) is 0 Å². The number of carbonyl (C=O) groups is 1. The standard InChI is InChI=1S/C45H59N3O7S2/c1-31-17-19-38-36(24-31)43(2,3)40(48(38)22-12-13-23-56(50,51)52)14-8-6-9-15-41-44(4,5)37-27-35(57(53,54)55)18-20-39(37)47(41)21-11-7-10-16-42(49)46-45-28-32-25-33(29-45)34(26-32)30-45/h6,8-9,14-15,17-20,24,27,32-34H,7,10-13,16,21-23,25-26,28-30H2,1-5H3,(H2-,46,49,50,51,52,53,54,55)/p+1. The van der Waals surface area contributed by atoms with Gasteiger partial charge in [-0.3, -0.25) is 13.9 Å². The Balaban J connectivity index is 1.06. The maximum absolute atomic E-state index is 13.1. The van der Waals surface area contributed by atoms with E-state index in [1.807, 2.05) is 18.2 Å². The number of anilines is 1. The first-order valence-electron chi connectivity index (χ1n) is 20.7. The van der Waals surface area contributed by atoms with Gasteiger partial charge >= 0.3 is 0 Å². The van der Waals surface area contributed by atoms with Crippen LogP contribution in [0.15, 0.2) is 77.4 Å². The van der Waals surface area contributed by atoms with E-state index in [4.69, 9.17) is 0 Å². The molecule has 0 saturated heterocycles. The van der Waals surface area contributed by atoms with Gasteiger partial charge in [-0.15, -0.1) is 0 Å². The van der Waals surface area contributed by atoms with E-state index in [-0.39, 0.29) is 27.5 Å². The van der Waals surface area contributed by atoms with Crippen LogP contribution in [0.2, 0.25) is 0 Å². The number of carbonyl (C=O) groups excluding carboxylic acids is 1. The van der Waals surface area contributed by atoms with Crippen molar-refractivity contribution in [2.75, 3.05) is 23.7 Å². The van der Waals surface area contributed by atoms with Gasteiger partial charge in [0.1, 0.15) is 6.54 Å². The lowest BCUT2D eigenvalue weighted by Crippen LogP contribution is -2.50. The smallest absolute Gasteiger partial charge is 0.294 e. The number of amides is 1. The van der Waals surface area contributed by atoms with Gasteiger partial charge in [0.05, 0.1) is 16.1 Å². The summed E-state index contributed by atoms with van der Waals surface area (Å²) in [7, 11) is -8.40. The number of nitrogens with zero attached hydrogens (tertiary/aromatic N) is 2. The third kappa shape index (κ3) is 8.61. The summed E-state index contributed by atoms with van der Waals surface area (Å²) in [6.45, 7) is 11.9. The molecule has 0 radical (unpaired) electrons. The molecule has 308 valence electrons. The van der Waals surface area contributed by atoms with Crippen LogP contribution < -0.4 is 10.2 Å². The molecule has 2 unspecified atom stereocenters. The molecule has 4 saturated carbocycles. The number of hydrogen-bond donors (Lipinski definition) is 3. The van der Waals surface area contributed by atoms with Crippen LogP contribution in [0.1, 0.15) is 115 Å².